The fourth-order valence-corrected chi connectivity index (χ4v) is 2.21. The smallest absolute Gasteiger partial charge is 0.475 e. The highest BCUT2D eigenvalue weighted by molar-refractivity contribution is 5.82. The molecule has 0 aliphatic rings. The maximum Gasteiger partial charge on any atom is 0.490 e. The average Bonchev–Trinajstić information content (AvgIpc) is 3.37. The number of hydrogen-bond acceptors (Lipinski definition) is 8. The quantitative estimate of drug-likeness (QED) is 0.385. The minimum absolute atomic E-state index is 0.178. The summed E-state index contributed by atoms with van der Waals surface area (Å²) >= 11 is 0. The zero-order chi connectivity index (χ0) is 23.9. The van der Waals surface area contributed by atoms with Crippen molar-refractivity contribution in [1.82, 2.24) is 25.3 Å². The van der Waals surface area contributed by atoms with Crippen LogP contribution in [0.2, 0.25) is 0 Å². The fraction of sp³-hybridized carbons (Fsp3) is 0.294. The van der Waals surface area contributed by atoms with Crippen molar-refractivity contribution in [3.63, 3.8) is 0 Å². The van der Waals surface area contributed by atoms with E-state index in [9.17, 15) is 22.4 Å². The number of benzene rings is 1. The predicted octanol–water partition coefficient (Wildman–Crippen LogP) is 2.81. The van der Waals surface area contributed by atoms with Gasteiger partial charge >= 0.3 is 24.1 Å². The molecule has 3 aromatic rings. The number of aromatic amines is 1. The molecule has 0 unspecified atom stereocenters. The number of nitrogens with zero attached hydrogens (tertiary/aromatic N) is 4. The van der Waals surface area contributed by atoms with E-state index in [1.165, 1.54) is 12.1 Å². The minimum Gasteiger partial charge on any atom is -0.475 e. The Morgan fingerprint density at radius 2 is 1.81 bits per heavy atom. The number of alkyl halides is 3. The van der Waals surface area contributed by atoms with Gasteiger partial charge in [-0.3, -0.25) is 5.10 Å². The molecule has 0 fully saturated rings. The summed E-state index contributed by atoms with van der Waals surface area (Å²) < 4.78 is 49.8. The van der Waals surface area contributed by atoms with Gasteiger partial charge in [-0.25, -0.2) is 19.0 Å². The largest absolute Gasteiger partial charge is 0.490 e. The van der Waals surface area contributed by atoms with Crippen LogP contribution in [0, 0.1) is 5.82 Å². The molecule has 0 spiro atoms. The number of nitrogens with one attached hydrogen (secondary N) is 2. The van der Waals surface area contributed by atoms with Crippen molar-refractivity contribution in [3.8, 4) is 0 Å². The molecule has 1 aromatic carbocycles. The summed E-state index contributed by atoms with van der Waals surface area (Å²) in [5.74, 6) is -3.79. The summed E-state index contributed by atoms with van der Waals surface area (Å²) in [5.41, 5.74) is 0.849. The van der Waals surface area contributed by atoms with Crippen molar-refractivity contribution in [1.29, 1.82) is 0 Å². The zero-order valence-electron chi connectivity index (χ0n) is 16.2. The van der Waals surface area contributed by atoms with E-state index in [0.29, 0.717) is 24.5 Å². The van der Waals surface area contributed by atoms with Gasteiger partial charge in [0.25, 0.3) is 5.82 Å². The monoisotopic (exact) mass is 460 g/mol. The molecule has 3 rings (SSSR count). The molecule has 2 heterocycles. The first kappa shape index (κ1) is 24.2. The van der Waals surface area contributed by atoms with Crippen molar-refractivity contribution < 1.29 is 41.9 Å². The highest BCUT2D eigenvalue weighted by Gasteiger charge is 2.38. The number of carboxylic acid groups (broad SMARTS) is 2. The summed E-state index contributed by atoms with van der Waals surface area (Å²) in [5, 5.41) is 29.1. The van der Waals surface area contributed by atoms with Gasteiger partial charge in [-0.05, 0) is 24.1 Å². The molecule has 1 atom stereocenters. The summed E-state index contributed by atoms with van der Waals surface area (Å²) in [6.45, 7) is 1.89. The molecule has 4 N–H and O–H groups in total. The summed E-state index contributed by atoms with van der Waals surface area (Å²) in [6.07, 6.45) is -4.10. The van der Waals surface area contributed by atoms with Crippen LogP contribution >= 0.6 is 0 Å². The van der Waals surface area contributed by atoms with E-state index >= 15 is 0 Å². The van der Waals surface area contributed by atoms with Crippen LogP contribution in [0.4, 0.5) is 23.6 Å². The van der Waals surface area contributed by atoms with Crippen LogP contribution in [0.5, 0.6) is 0 Å². The third-order valence-electron chi connectivity index (χ3n) is 3.72. The van der Waals surface area contributed by atoms with Gasteiger partial charge in [0.05, 0.1) is 6.04 Å². The lowest BCUT2D eigenvalue weighted by Gasteiger charge is -2.11. The maximum absolute atomic E-state index is 12.9. The van der Waals surface area contributed by atoms with Crippen molar-refractivity contribution in [2.75, 3.05) is 5.32 Å². The Morgan fingerprint density at radius 3 is 2.31 bits per heavy atom. The van der Waals surface area contributed by atoms with Crippen LogP contribution in [-0.4, -0.2) is 53.6 Å². The van der Waals surface area contributed by atoms with Crippen LogP contribution in [0.25, 0.3) is 0 Å². The molecule has 0 saturated heterocycles. The molecule has 0 aliphatic carbocycles. The van der Waals surface area contributed by atoms with E-state index in [-0.39, 0.29) is 23.7 Å². The second-order valence-corrected chi connectivity index (χ2v) is 6.08. The summed E-state index contributed by atoms with van der Waals surface area (Å²) in [6, 6.07) is 5.85. The average molecular weight is 460 g/mol. The highest BCUT2D eigenvalue weighted by Crippen LogP contribution is 2.19. The lowest BCUT2D eigenvalue weighted by atomic mass is 10.1. The van der Waals surface area contributed by atoms with Gasteiger partial charge in [-0.2, -0.15) is 18.2 Å². The SMILES string of the molecule is CC[C@H](Nc1nc(Cc2ccc(F)cc2)no1)c1nc(C(=O)O)n[nH]1.O=C(O)C(F)(F)F. The second-order valence-electron chi connectivity index (χ2n) is 6.08. The van der Waals surface area contributed by atoms with Crippen molar-refractivity contribution >= 4 is 18.0 Å². The van der Waals surface area contributed by atoms with Gasteiger partial charge in [0.15, 0.2) is 5.82 Å². The number of halogens is 4. The number of rotatable bonds is 7. The first-order valence-corrected chi connectivity index (χ1v) is 8.78. The standard InChI is InChI=1S/C15H15FN6O3.C2HF3O2/c1-2-10(12-19-13(14(23)24)21-20-12)17-15-18-11(22-25-15)7-8-3-5-9(16)6-4-8;3-2(4,5)1(6)7/h3-6,10H,2,7H2,1H3,(H,23,24)(H,17,18,22)(H,19,20,21);(H,6,7)/t10-;/m0./s1. The number of aliphatic carboxylic acids is 1. The van der Waals surface area contributed by atoms with E-state index in [1.54, 1.807) is 12.1 Å². The molecule has 11 nitrogen and oxygen atoms in total. The Labute approximate surface area is 176 Å². The van der Waals surface area contributed by atoms with Crippen molar-refractivity contribution in [3.05, 3.63) is 53.1 Å². The molecule has 172 valence electrons. The Hall–Kier alpha value is -4.04. The molecule has 0 bridgehead atoms. The highest BCUT2D eigenvalue weighted by atomic mass is 19.4. The molecule has 0 saturated carbocycles. The molecule has 0 amide bonds. The van der Waals surface area contributed by atoms with Gasteiger partial charge in [0.1, 0.15) is 11.6 Å². The molecule has 0 radical (unpaired) electrons. The number of aromatic nitrogens is 5. The minimum atomic E-state index is -5.08. The van der Waals surface area contributed by atoms with Gasteiger partial charge in [0, 0.05) is 6.42 Å². The molecule has 15 heteroatoms. The van der Waals surface area contributed by atoms with Gasteiger partial charge in [0.2, 0.25) is 0 Å². The Balaban J connectivity index is 0.000000451. The third-order valence-corrected chi connectivity index (χ3v) is 3.72. The molecular weight excluding hydrogens is 444 g/mol. The van der Waals surface area contributed by atoms with Crippen molar-refractivity contribution in [2.24, 2.45) is 0 Å². The Bertz CT molecular complexity index is 1050. The molecular formula is C17H16F4N6O5. The number of aromatic carboxylic acids is 1. The first-order chi connectivity index (χ1) is 15.0. The third kappa shape index (κ3) is 7.03. The summed E-state index contributed by atoms with van der Waals surface area (Å²) in [7, 11) is 0. The summed E-state index contributed by atoms with van der Waals surface area (Å²) in [4.78, 5) is 27.9. The van der Waals surface area contributed by atoms with Crippen LogP contribution < -0.4 is 5.32 Å². The Morgan fingerprint density at radius 1 is 1.19 bits per heavy atom. The van der Waals surface area contributed by atoms with Crippen molar-refractivity contribution in [2.45, 2.75) is 32.0 Å². The number of H-pyrrole nitrogens is 1. The van der Waals surface area contributed by atoms with E-state index in [4.69, 9.17) is 19.5 Å². The normalized spacial score (nSPS) is 11.9. The Kier molecular flexibility index (Phi) is 7.81. The number of anilines is 1. The fourth-order valence-electron chi connectivity index (χ4n) is 2.21. The van der Waals surface area contributed by atoms with E-state index in [2.05, 4.69) is 30.6 Å². The predicted molar refractivity (Wildman–Crippen MR) is 97.2 cm³/mol. The molecule has 2 aromatic heterocycles. The number of carboxylic acids is 2. The van der Waals surface area contributed by atoms with E-state index in [0.717, 1.165) is 5.56 Å². The van der Waals surface area contributed by atoms with Crippen LogP contribution in [0.1, 0.15) is 47.2 Å². The van der Waals surface area contributed by atoms with Crippen LogP contribution in [-0.2, 0) is 11.2 Å². The van der Waals surface area contributed by atoms with Gasteiger partial charge in [-0.15, -0.1) is 5.10 Å². The van der Waals surface area contributed by atoms with Crippen LogP contribution in [0.15, 0.2) is 28.8 Å². The van der Waals surface area contributed by atoms with E-state index in [1.807, 2.05) is 6.92 Å². The zero-order valence-corrected chi connectivity index (χ0v) is 16.2. The topological polar surface area (TPSA) is 167 Å². The lowest BCUT2D eigenvalue weighted by molar-refractivity contribution is -0.192. The number of hydrogen-bond donors (Lipinski definition) is 4. The van der Waals surface area contributed by atoms with Gasteiger partial charge < -0.3 is 20.1 Å². The molecule has 32 heavy (non-hydrogen) atoms. The molecule has 0 aliphatic heterocycles. The van der Waals surface area contributed by atoms with Gasteiger partial charge in [-0.1, -0.05) is 24.2 Å². The number of carbonyl (C=O) groups is 2. The maximum atomic E-state index is 12.9. The van der Waals surface area contributed by atoms with Crippen LogP contribution in [0.3, 0.4) is 0 Å². The lowest BCUT2D eigenvalue weighted by Crippen LogP contribution is -2.21. The first-order valence-electron chi connectivity index (χ1n) is 8.78. The second kappa shape index (κ2) is 10.3. The van der Waals surface area contributed by atoms with E-state index < -0.39 is 18.1 Å².